The van der Waals surface area contributed by atoms with Gasteiger partial charge in [0.25, 0.3) is 11.8 Å². The molecule has 9 nitrogen and oxygen atoms in total. The van der Waals surface area contributed by atoms with Gasteiger partial charge < -0.3 is 18.9 Å². The van der Waals surface area contributed by atoms with Crippen LogP contribution in [0.5, 0.6) is 23.0 Å². The van der Waals surface area contributed by atoms with E-state index in [1.54, 1.807) is 44.4 Å². The van der Waals surface area contributed by atoms with Crippen molar-refractivity contribution in [2.45, 2.75) is 20.1 Å². The Morgan fingerprint density at radius 1 is 0.756 bits per heavy atom. The number of barbiturate groups is 1. The maximum absolute atomic E-state index is 13.4. The molecule has 230 valence electrons. The maximum Gasteiger partial charge on any atom is 0.335 e. The first-order valence-corrected chi connectivity index (χ1v) is 14.5. The molecule has 1 N–H and O–H groups in total. The summed E-state index contributed by atoms with van der Waals surface area (Å²) in [5.41, 5.74) is 2.69. The minimum absolute atomic E-state index is 0.128. The Balaban J connectivity index is 1.35. The Hall–Kier alpha value is -4.99. The summed E-state index contributed by atoms with van der Waals surface area (Å²) in [6.07, 6.45) is 1.33. The Morgan fingerprint density at radius 3 is 2.22 bits per heavy atom. The number of benzene rings is 4. The molecule has 4 amide bonds. The van der Waals surface area contributed by atoms with Crippen LogP contribution in [0.2, 0.25) is 10.0 Å². The lowest BCUT2D eigenvalue weighted by Gasteiger charge is -2.27. The molecule has 0 radical (unpaired) electrons. The summed E-state index contributed by atoms with van der Waals surface area (Å²) >= 11 is 12.8. The molecule has 1 aliphatic heterocycles. The highest BCUT2D eigenvalue weighted by Gasteiger charge is 2.37. The first kappa shape index (κ1) is 31.4. The van der Waals surface area contributed by atoms with Crippen molar-refractivity contribution in [3.05, 3.63) is 117 Å². The summed E-state index contributed by atoms with van der Waals surface area (Å²) in [5, 5.41) is 2.75. The van der Waals surface area contributed by atoms with Crippen molar-refractivity contribution >= 4 is 52.8 Å². The van der Waals surface area contributed by atoms with Crippen LogP contribution in [-0.4, -0.2) is 32.1 Å². The molecule has 1 saturated heterocycles. The molecule has 11 heteroatoms. The molecule has 0 unspecified atom stereocenters. The predicted molar refractivity (Wildman–Crippen MR) is 171 cm³/mol. The van der Waals surface area contributed by atoms with Gasteiger partial charge in [-0.1, -0.05) is 65.7 Å². The number of urea groups is 1. The van der Waals surface area contributed by atoms with Crippen LogP contribution in [0.15, 0.2) is 84.4 Å². The zero-order valence-electron chi connectivity index (χ0n) is 24.6. The monoisotopic (exact) mass is 646 g/mol. The molecule has 0 aliphatic carbocycles. The smallest absolute Gasteiger partial charge is 0.335 e. The van der Waals surface area contributed by atoms with Gasteiger partial charge in [0.05, 0.1) is 24.9 Å². The maximum atomic E-state index is 13.4. The molecule has 0 aromatic heterocycles. The normalized spacial score (nSPS) is 13.9. The largest absolute Gasteiger partial charge is 0.493 e. The number of halogens is 2. The van der Waals surface area contributed by atoms with Gasteiger partial charge in [-0.05, 0) is 71.7 Å². The van der Waals surface area contributed by atoms with E-state index in [1.807, 2.05) is 42.5 Å². The highest BCUT2D eigenvalue weighted by atomic mass is 35.5. The van der Waals surface area contributed by atoms with Crippen molar-refractivity contribution in [2.24, 2.45) is 0 Å². The minimum atomic E-state index is -0.876. The number of amides is 4. The van der Waals surface area contributed by atoms with Crippen LogP contribution < -0.4 is 29.2 Å². The molecule has 0 spiro atoms. The standard InChI is InChI=1S/C34H28Cl2N2O7/c1-20-25(35)10-7-11-27(20)38-33(40)24(32(39)37-34(38)41)14-23-15-26(36)31(30(17-23)43-3)45-19-22-12-13-28(29(16-22)42-2)44-18-21-8-5-4-6-9-21/h4-17H,18-19H2,1-3H3,(H,37,39,41)/b24-14-. The molecule has 1 aliphatic rings. The quantitative estimate of drug-likeness (QED) is 0.144. The first-order valence-electron chi connectivity index (χ1n) is 13.7. The van der Waals surface area contributed by atoms with Crippen molar-refractivity contribution in [1.29, 1.82) is 0 Å². The van der Waals surface area contributed by atoms with E-state index in [0.29, 0.717) is 34.3 Å². The van der Waals surface area contributed by atoms with Crippen LogP contribution >= 0.6 is 23.2 Å². The average molecular weight is 648 g/mol. The van der Waals surface area contributed by atoms with Crippen LogP contribution in [0.25, 0.3) is 6.08 Å². The van der Waals surface area contributed by atoms with Gasteiger partial charge in [0, 0.05) is 5.02 Å². The highest BCUT2D eigenvalue weighted by Crippen LogP contribution is 2.39. The zero-order chi connectivity index (χ0) is 32.1. The van der Waals surface area contributed by atoms with Crippen molar-refractivity contribution in [3.8, 4) is 23.0 Å². The van der Waals surface area contributed by atoms with Crippen LogP contribution in [0.3, 0.4) is 0 Å². The van der Waals surface area contributed by atoms with Crippen LogP contribution in [-0.2, 0) is 22.8 Å². The lowest BCUT2D eigenvalue weighted by Crippen LogP contribution is -2.54. The highest BCUT2D eigenvalue weighted by molar-refractivity contribution is 6.40. The number of imide groups is 2. The lowest BCUT2D eigenvalue weighted by molar-refractivity contribution is -0.122. The van der Waals surface area contributed by atoms with E-state index in [-0.39, 0.29) is 34.4 Å². The van der Waals surface area contributed by atoms with E-state index in [1.165, 1.54) is 19.3 Å². The minimum Gasteiger partial charge on any atom is -0.493 e. The number of anilines is 1. The fourth-order valence-electron chi connectivity index (χ4n) is 4.66. The van der Waals surface area contributed by atoms with Crippen LogP contribution in [0, 0.1) is 6.92 Å². The van der Waals surface area contributed by atoms with Gasteiger partial charge in [-0.15, -0.1) is 0 Å². The number of carbonyl (C=O) groups is 3. The Kier molecular flexibility index (Phi) is 9.61. The van der Waals surface area contributed by atoms with E-state index in [2.05, 4.69) is 5.32 Å². The molecule has 0 saturated carbocycles. The number of carbonyl (C=O) groups excluding carboxylic acids is 3. The van der Waals surface area contributed by atoms with E-state index >= 15 is 0 Å². The van der Waals surface area contributed by atoms with Crippen molar-refractivity contribution in [1.82, 2.24) is 5.32 Å². The third-order valence-electron chi connectivity index (χ3n) is 6.99. The van der Waals surface area contributed by atoms with E-state index < -0.39 is 17.8 Å². The number of ether oxygens (including phenoxy) is 4. The van der Waals surface area contributed by atoms with Crippen molar-refractivity contribution in [2.75, 3.05) is 19.1 Å². The number of hydrogen-bond acceptors (Lipinski definition) is 7. The summed E-state index contributed by atoms with van der Waals surface area (Å²) in [5.74, 6) is 0.00576. The van der Waals surface area contributed by atoms with Crippen LogP contribution in [0.4, 0.5) is 10.5 Å². The van der Waals surface area contributed by atoms with Crippen LogP contribution in [0.1, 0.15) is 22.3 Å². The summed E-state index contributed by atoms with van der Waals surface area (Å²) < 4.78 is 23.0. The van der Waals surface area contributed by atoms with Gasteiger partial charge in [0.2, 0.25) is 0 Å². The van der Waals surface area contributed by atoms with Gasteiger partial charge in [0.15, 0.2) is 23.0 Å². The number of hydrogen-bond donors (Lipinski definition) is 1. The Labute approximate surface area is 269 Å². The fraction of sp³-hybridized carbons (Fsp3) is 0.147. The average Bonchev–Trinajstić information content (AvgIpc) is 3.03. The van der Waals surface area contributed by atoms with Gasteiger partial charge in [0.1, 0.15) is 18.8 Å². The summed E-state index contributed by atoms with van der Waals surface area (Å²) in [7, 11) is 3.00. The Bertz CT molecular complexity index is 1810. The van der Waals surface area contributed by atoms with Gasteiger partial charge in [-0.3, -0.25) is 14.9 Å². The third-order valence-corrected chi connectivity index (χ3v) is 7.68. The van der Waals surface area contributed by atoms with Crippen molar-refractivity contribution < 1.29 is 33.3 Å². The van der Waals surface area contributed by atoms with E-state index in [0.717, 1.165) is 16.0 Å². The molecule has 4 aromatic carbocycles. The Morgan fingerprint density at radius 2 is 1.49 bits per heavy atom. The first-order chi connectivity index (χ1) is 21.7. The second kappa shape index (κ2) is 13.8. The molecular weight excluding hydrogens is 619 g/mol. The topological polar surface area (TPSA) is 103 Å². The van der Waals surface area contributed by atoms with E-state index in [4.69, 9.17) is 42.1 Å². The lowest BCUT2D eigenvalue weighted by atomic mass is 10.1. The molecule has 1 fully saturated rings. The fourth-order valence-corrected chi connectivity index (χ4v) is 5.10. The molecular formula is C34H28Cl2N2O7. The zero-order valence-corrected chi connectivity index (χ0v) is 26.1. The van der Waals surface area contributed by atoms with E-state index in [9.17, 15) is 14.4 Å². The molecule has 45 heavy (non-hydrogen) atoms. The van der Waals surface area contributed by atoms with Gasteiger partial charge in [-0.25, -0.2) is 9.69 Å². The van der Waals surface area contributed by atoms with Crippen molar-refractivity contribution in [3.63, 3.8) is 0 Å². The second-order valence-electron chi connectivity index (χ2n) is 9.92. The van der Waals surface area contributed by atoms with Gasteiger partial charge >= 0.3 is 6.03 Å². The summed E-state index contributed by atoms with van der Waals surface area (Å²) in [6.45, 7) is 2.19. The molecule has 1 heterocycles. The molecule has 0 atom stereocenters. The number of nitrogens with one attached hydrogen (secondary N) is 1. The third kappa shape index (κ3) is 6.90. The number of nitrogens with zero attached hydrogens (tertiary/aromatic N) is 1. The molecule has 4 aromatic rings. The number of rotatable bonds is 10. The second-order valence-corrected chi connectivity index (χ2v) is 10.7. The molecule has 5 rings (SSSR count). The summed E-state index contributed by atoms with van der Waals surface area (Å²) in [4.78, 5) is 39.6. The predicted octanol–water partition coefficient (Wildman–Crippen LogP) is 7.14. The summed E-state index contributed by atoms with van der Waals surface area (Å²) in [6, 6.07) is 22.3. The van der Waals surface area contributed by atoms with Gasteiger partial charge in [-0.2, -0.15) is 0 Å². The SMILES string of the molecule is COc1cc(COc2c(Cl)cc(/C=C3/C(=O)NC(=O)N(c4cccc(Cl)c4C)C3=O)cc2OC)ccc1OCc1ccccc1. The number of methoxy groups -OCH3 is 2. The molecule has 0 bridgehead atoms.